The summed E-state index contributed by atoms with van der Waals surface area (Å²) in [6.07, 6.45) is 0.842. The first-order chi connectivity index (χ1) is 9.63. The zero-order valence-corrected chi connectivity index (χ0v) is 12.6. The monoisotopic (exact) mass is 279 g/mol. The molecule has 0 saturated heterocycles. The van der Waals surface area contributed by atoms with Gasteiger partial charge in [-0.3, -0.25) is 4.79 Å². The van der Waals surface area contributed by atoms with Gasteiger partial charge in [0.1, 0.15) is 5.75 Å². The summed E-state index contributed by atoms with van der Waals surface area (Å²) in [4.78, 5) is 13.6. The lowest BCUT2D eigenvalue weighted by atomic mass is 10.1. The maximum atomic E-state index is 11.5. The number of carbonyl (C=O) groups excluding carboxylic acids is 1. The molecule has 0 atom stereocenters. The van der Waals surface area contributed by atoms with E-state index < -0.39 is 0 Å². The Hall–Kier alpha value is -1.59. The highest BCUT2D eigenvalue weighted by atomic mass is 16.5. The molecule has 0 unspecified atom stereocenters. The number of amides is 1. The fraction of sp³-hybridized carbons (Fsp3) is 0.533. The minimum absolute atomic E-state index is 0.0341. The minimum Gasteiger partial charge on any atom is -0.496 e. The molecule has 112 valence electrons. The van der Waals surface area contributed by atoms with Crippen LogP contribution in [0, 0.1) is 0 Å². The summed E-state index contributed by atoms with van der Waals surface area (Å²) < 4.78 is 5.29. The number of nitrogens with zero attached hydrogens (tertiary/aromatic N) is 1. The summed E-state index contributed by atoms with van der Waals surface area (Å²) in [6.45, 7) is 2.64. The van der Waals surface area contributed by atoms with E-state index in [1.165, 1.54) is 0 Å². The first-order valence-corrected chi connectivity index (χ1v) is 6.87. The molecule has 2 N–H and O–H groups in total. The Kier molecular flexibility index (Phi) is 7.69. The maximum absolute atomic E-state index is 11.5. The number of benzene rings is 1. The van der Waals surface area contributed by atoms with Crippen LogP contribution in [0.1, 0.15) is 5.56 Å². The third-order valence-electron chi connectivity index (χ3n) is 2.93. The molecule has 1 aromatic carbocycles. The van der Waals surface area contributed by atoms with Crippen LogP contribution in [0.3, 0.4) is 0 Å². The highest BCUT2D eigenvalue weighted by molar-refractivity contribution is 5.77. The Balaban J connectivity index is 2.16. The number of rotatable bonds is 9. The number of hydrogen-bond acceptors (Lipinski definition) is 4. The second-order valence-electron chi connectivity index (χ2n) is 4.89. The Labute approximate surface area is 121 Å². The van der Waals surface area contributed by atoms with E-state index in [0.717, 1.165) is 30.8 Å². The number of hydrogen-bond donors (Lipinski definition) is 2. The zero-order valence-electron chi connectivity index (χ0n) is 12.6. The molecule has 0 radical (unpaired) electrons. The summed E-state index contributed by atoms with van der Waals surface area (Å²) in [5.41, 5.74) is 1.15. The third kappa shape index (κ3) is 6.54. The molecule has 0 fully saturated rings. The van der Waals surface area contributed by atoms with Gasteiger partial charge in [0.05, 0.1) is 13.7 Å². The van der Waals surface area contributed by atoms with Crippen molar-refractivity contribution in [2.24, 2.45) is 0 Å². The quantitative estimate of drug-likeness (QED) is 0.647. The summed E-state index contributed by atoms with van der Waals surface area (Å²) in [5, 5.41) is 6.01. The minimum atomic E-state index is 0.0341. The van der Waals surface area contributed by atoms with Crippen molar-refractivity contribution in [1.82, 2.24) is 15.5 Å². The molecule has 1 aromatic rings. The smallest absolute Gasteiger partial charge is 0.234 e. The Morgan fingerprint density at radius 3 is 2.70 bits per heavy atom. The molecule has 5 nitrogen and oxygen atoms in total. The summed E-state index contributed by atoms with van der Waals surface area (Å²) >= 11 is 0. The molecule has 0 saturated carbocycles. The molecule has 0 heterocycles. The van der Waals surface area contributed by atoms with Crippen molar-refractivity contribution in [3.8, 4) is 5.75 Å². The number of likely N-dealkylation sites (N-methyl/N-ethyl adjacent to an activating group) is 1. The van der Waals surface area contributed by atoms with Crippen LogP contribution in [0.4, 0.5) is 0 Å². The van der Waals surface area contributed by atoms with Gasteiger partial charge in [0.25, 0.3) is 0 Å². The van der Waals surface area contributed by atoms with Gasteiger partial charge in [-0.1, -0.05) is 18.2 Å². The first-order valence-electron chi connectivity index (χ1n) is 6.87. The van der Waals surface area contributed by atoms with Gasteiger partial charge < -0.3 is 20.3 Å². The van der Waals surface area contributed by atoms with Crippen LogP contribution in [0.25, 0.3) is 0 Å². The second-order valence-corrected chi connectivity index (χ2v) is 4.89. The highest BCUT2D eigenvalue weighted by Gasteiger charge is 2.03. The Bertz CT molecular complexity index is 408. The van der Waals surface area contributed by atoms with Crippen molar-refractivity contribution in [1.29, 1.82) is 0 Å². The van der Waals surface area contributed by atoms with Gasteiger partial charge in [-0.25, -0.2) is 0 Å². The number of ether oxygens (including phenoxy) is 1. The predicted molar refractivity (Wildman–Crippen MR) is 81.1 cm³/mol. The molecular formula is C15H25N3O2. The molecule has 0 aliphatic heterocycles. The number of carbonyl (C=O) groups is 1. The normalized spacial score (nSPS) is 10.6. The molecule has 1 rings (SSSR count). The molecule has 0 aromatic heterocycles. The van der Waals surface area contributed by atoms with Crippen LogP contribution in [0.5, 0.6) is 5.75 Å². The van der Waals surface area contributed by atoms with Crippen molar-refractivity contribution in [3.63, 3.8) is 0 Å². The van der Waals surface area contributed by atoms with Crippen molar-refractivity contribution < 1.29 is 9.53 Å². The van der Waals surface area contributed by atoms with Gasteiger partial charge in [0.15, 0.2) is 0 Å². The van der Waals surface area contributed by atoms with Crippen LogP contribution in [0.2, 0.25) is 0 Å². The van der Waals surface area contributed by atoms with Gasteiger partial charge in [-0.05, 0) is 38.7 Å². The molecule has 0 aliphatic carbocycles. The van der Waals surface area contributed by atoms with E-state index in [-0.39, 0.29) is 5.91 Å². The van der Waals surface area contributed by atoms with Gasteiger partial charge in [-0.2, -0.15) is 0 Å². The van der Waals surface area contributed by atoms with Gasteiger partial charge >= 0.3 is 0 Å². The Morgan fingerprint density at radius 1 is 1.25 bits per heavy atom. The molecular weight excluding hydrogens is 254 g/mol. The summed E-state index contributed by atoms with van der Waals surface area (Å²) in [5.74, 6) is 0.927. The molecule has 0 bridgehead atoms. The van der Waals surface area contributed by atoms with Crippen LogP contribution in [-0.4, -0.2) is 58.2 Å². The lowest BCUT2D eigenvalue weighted by Gasteiger charge is -2.11. The lowest BCUT2D eigenvalue weighted by molar-refractivity contribution is -0.120. The van der Waals surface area contributed by atoms with Crippen molar-refractivity contribution in [3.05, 3.63) is 29.8 Å². The summed E-state index contributed by atoms with van der Waals surface area (Å²) in [7, 11) is 5.64. The van der Waals surface area contributed by atoms with Crippen LogP contribution >= 0.6 is 0 Å². The molecule has 5 heteroatoms. The van der Waals surface area contributed by atoms with E-state index in [9.17, 15) is 4.79 Å². The third-order valence-corrected chi connectivity index (χ3v) is 2.93. The summed E-state index contributed by atoms with van der Waals surface area (Å²) in [6, 6.07) is 7.93. The topological polar surface area (TPSA) is 53.6 Å². The van der Waals surface area contributed by atoms with Gasteiger partial charge in [0, 0.05) is 13.1 Å². The van der Waals surface area contributed by atoms with E-state index in [1.807, 2.05) is 43.3 Å². The Morgan fingerprint density at radius 2 is 2.00 bits per heavy atom. The van der Waals surface area contributed by atoms with Gasteiger partial charge in [0.2, 0.25) is 5.91 Å². The fourth-order valence-corrected chi connectivity index (χ4v) is 1.82. The molecule has 0 spiro atoms. The van der Waals surface area contributed by atoms with E-state index in [0.29, 0.717) is 13.1 Å². The van der Waals surface area contributed by atoms with Crippen molar-refractivity contribution in [2.45, 2.75) is 6.42 Å². The van der Waals surface area contributed by atoms with Crippen molar-refractivity contribution in [2.75, 3.05) is 47.4 Å². The van der Waals surface area contributed by atoms with Crippen molar-refractivity contribution >= 4 is 5.91 Å². The largest absolute Gasteiger partial charge is 0.496 e. The van der Waals surface area contributed by atoms with Crippen LogP contribution < -0.4 is 15.4 Å². The van der Waals surface area contributed by atoms with E-state index in [4.69, 9.17) is 4.74 Å². The first kappa shape index (κ1) is 16.5. The zero-order chi connectivity index (χ0) is 14.8. The van der Waals surface area contributed by atoms with Crippen LogP contribution in [0.15, 0.2) is 24.3 Å². The maximum Gasteiger partial charge on any atom is 0.234 e. The number of methoxy groups -OCH3 is 1. The highest BCUT2D eigenvalue weighted by Crippen LogP contribution is 2.16. The van der Waals surface area contributed by atoms with Gasteiger partial charge in [-0.15, -0.1) is 0 Å². The molecule has 0 aliphatic rings. The second kappa shape index (κ2) is 9.34. The molecule has 20 heavy (non-hydrogen) atoms. The standard InChI is InChI=1S/C15H25N3O2/c1-18(2)11-10-17-15(19)12-16-9-8-13-6-4-5-7-14(13)20-3/h4-7,16H,8-12H2,1-3H3,(H,17,19). The molecule has 1 amide bonds. The van der Waals surface area contributed by atoms with E-state index in [1.54, 1.807) is 7.11 Å². The average molecular weight is 279 g/mol. The SMILES string of the molecule is COc1ccccc1CCNCC(=O)NCCN(C)C. The fourth-order valence-electron chi connectivity index (χ4n) is 1.82. The van der Waals surface area contributed by atoms with Crippen LogP contribution in [-0.2, 0) is 11.2 Å². The van der Waals surface area contributed by atoms with E-state index in [2.05, 4.69) is 10.6 Å². The average Bonchev–Trinajstić information content (AvgIpc) is 2.43. The van der Waals surface area contributed by atoms with E-state index >= 15 is 0 Å². The predicted octanol–water partition coefficient (Wildman–Crippen LogP) is 0.505. The lowest BCUT2D eigenvalue weighted by Crippen LogP contribution is -2.37. The number of nitrogens with one attached hydrogen (secondary N) is 2. The number of para-hydroxylation sites is 1.